The van der Waals surface area contributed by atoms with Crippen LogP contribution < -0.4 is 0 Å². The van der Waals surface area contributed by atoms with Crippen molar-refractivity contribution in [2.24, 2.45) is 0 Å². The Labute approximate surface area is 128 Å². The lowest BCUT2D eigenvalue weighted by Gasteiger charge is -2.07. The normalized spacial score (nSPS) is 14.3. The van der Waals surface area contributed by atoms with Crippen LogP contribution in [0.25, 0.3) is 11.1 Å². The lowest BCUT2D eigenvalue weighted by molar-refractivity contribution is 0.506. The van der Waals surface area contributed by atoms with Crippen LogP contribution in [0.2, 0.25) is 0 Å². The van der Waals surface area contributed by atoms with Crippen molar-refractivity contribution in [3.8, 4) is 0 Å². The minimum Gasteiger partial charge on any atom is -0.256 e. The number of hydrogen-bond donors (Lipinski definition) is 0. The van der Waals surface area contributed by atoms with E-state index in [4.69, 9.17) is 0 Å². The van der Waals surface area contributed by atoms with E-state index in [0.717, 1.165) is 22.9 Å². The van der Waals surface area contributed by atoms with Crippen molar-refractivity contribution in [2.75, 3.05) is 0 Å². The van der Waals surface area contributed by atoms with Crippen molar-refractivity contribution in [3.05, 3.63) is 89.3 Å². The van der Waals surface area contributed by atoms with Gasteiger partial charge in [-0.05, 0) is 42.7 Å². The zero-order valence-corrected chi connectivity index (χ0v) is 12.2. The van der Waals surface area contributed by atoms with Gasteiger partial charge in [-0.2, -0.15) is 0 Å². The molecule has 1 aliphatic rings. The standard InChI is InChI=1S/C19H15F2N/c1-13-9-10-18(22-12-13)15-6-3-2-5-14(11-15)16-7-4-8-17(20)19(16)21/h3-12H,2H2,1H3. The summed E-state index contributed by atoms with van der Waals surface area (Å²) in [4.78, 5) is 4.40. The molecule has 1 nitrogen and oxygen atoms in total. The van der Waals surface area contributed by atoms with Gasteiger partial charge in [0.05, 0.1) is 5.69 Å². The number of halogens is 2. The molecule has 0 spiro atoms. The zero-order valence-electron chi connectivity index (χ0n) is 12.2. The highest BCUT2D eigenvalue weighted by Crippen LogP contribution is 2.28. The Bertz CT molecular complexity index is 784. The van der Waals surface area contributed by atoms with E-state index in [0.29, 0.717) is 12.0 Å². The van der Waals surface area contributed by atoms with Crippen molar-refractivity contribution in [1.29, 1.82) is 0 Å². The number of allylic oxidation sites excluding steroid dienone is 6. The third-order valence-corrected chi connectivity index (χ3v) is 3.55. The first-order chi connectivity index (χ1) is 10.6. The molecular formula is C19H15F2N. The quantitative estimate of drug-likeness (QED) is 0.751. The summed E-state index contributed by atoms with van der Waals surface area (Å²) in [6.07, 6.45) is 10.1. The number of aryl methyl sites for hydroxylation is 1. The summed E-state index contributed by atoms with van der Waals surface area (Å²) in [6, 6.07) is 8.14. The monoisotopic (exact) mass is 295 g/mol. The molecule has 22 heavy (non-hydrogen) atoms. The lowest BCUT2D eigenvalue weighted by atomic mass is 10.0. The minimum atomic E-state index is -0.834. The highest BCUT2D eigenvalue weighted by Gasteiger charge is 2.12. The molecular weight excluding hydrogens is 280 g/mol. The highest BCUT2D eigenvalue weighted by molar-refractivity contribution is 5.87. The van der Waals surface area contributed by atoms with Gasteiger partial charge in [0, 0.05) is 17.3 Å². The topological polar surface area (TPSA) is 12.9 Å². The average molecular weight is 295 g/mol. The first-order valence-electron chi connectivity index (χ1n) is 7.11. The summed E-state index contributed by atoms with van der Waals surface area (Å²) in [5, 5.41) is 0. The Morgan fingerprint density at radius 3 is 2.68 bits per heavy atom. The number of nitrogens with zero attached hydrogens (tertiary/aromatic N) is 1. The minimum absolute atomic E-state index is 0.272. The Morgan fingerprint density at radius 1 is 1.05 bits per heavy atom. The molecule has 0 unspecified atom stereocenters. The second kappa shape index (κ2) is 6.06. The van der Waals surface area contributed by atoms with Gasteiger partial charge in [-0.1, -0.05) is 36.4 Å². The molecule has 3 heteroatoms. The van der Waals surface area contributed by atoms with Crippen molar-refractivity contribution < 1.29 is 8.78 Å². The summed E-state index contributed by atoms with van der Waals surface area (Å²) in [5.41, 5.74) is 3.71. The summed E-state index contributed by atoms with van der Waals surface area (Å²) in [6.45, 7) is 1.97. The van der Waals surface area contributed by atoms with E-state index in [1.54, 1.807) is 12.3 Å². The predicted octanol–water partition coefficient (Wildman–Crippen LogP) is 5.10. The van der Waals surface area contributed by atoms with Gasteiger partial charge in [-0.25, -0.2) is 8.78 Å². The number of pyridine rings is 1. The fraction of sp³-hybridized carbons (Fsp3) is 0.105. The molecule has 0 radical (unpaired) electrons. The Balaban J connectivity index is 2.05. The largest absolute Gasteiger partial charge is 0.256 e. The molecule has 1 aromatic heterocycles. The number of rotatable bonds is 2. The van der Waals surface area contributed by atoms with Crippen LogP contribution in [0.1, 0.15) is 23.2 Å². The molecule has 0 saturated carbocycles. The van der Waals surface area contributed by atoms with Crippen LogP contribution in [-0.4, -0.2) is 4.98 Å². The fourth-order valence-electron chi connectivity index (χ4n) is 2.38. The van der Waals surface area contributed by atoms with E-state index in [1.807, 2.05) is 43.4 Å². The van der Waals surface area contributed by atoms with Gasteiger partial charge in [0.25, 0.3) is 0 Å². The van der Waals surface area contributed by atoms with Crippen LogP contribution >= 0.6 is 0 Å². The van der Waals surface area contributed by atoms with Gasteiger partial charge in [0.2, 0.25) is 0 Å². The third-order valence-electron chi connectivity index (χ3n) is 3.55. The van der Waals surface area contributed by atoms with Crippen molar-refractivity contribution in [2.45, 2.75) is 13.3 Å². The summed E-state index contributed by atoms with van der Waals surface area (Å²) in [7, 11) is 0. The van der Waals surface area contributed by atoms with Gasteiger partial charge in [0.1, 0.15) is 0 Å². The Hall–Kier alpha value is -2.55. The summed E-state index contributed by atoms with van der Waals surface area (Å²) >= 11 is 0. The van der Waals surface area contributed by atoms with Gasteiger partial charge >= 0.3 is 0 Å². The second-order valence-electron chi connectivity index (χ2n) is 5.22. The summed E-state index contributed by atoms with van der Waals surface area (Å²) < 4.78 is 27.5. The van der Waals surface area contributed by atoms with Crippen LogP contribution in [0.15, 0.2) is 60.8 Å². The molecule has 1 aromatic carbocycles. The first kappa shape index (κ1) is 14.4. The SMILES string of the molecule is Cc1ccc(C2=CC(c3cccc(F)c3F)=CCC=C2)nc1. The van der Waals surface area contributed by atoms with Gasteiger partial charge in [-0.15, -0.1) is 0 Å². The number of hydrogen-bond acceptors (Lipinski definition) is 1. The fourth-order valence-corrected chi connectivity index (χ4v) is 2.38. The maximum atomic E-state index is 14.0. The van der Waals surface area contributed by atoms with Crippen molar-refractivity contribution in [1.82, 2.24) is 4.98 Å². The molecule has 1 heterocycles. The zero-order chi connectivity index (χ0) is 15.5. The molecule has 0 amide bonds. The molecule has 0 saturated heterocycles. The molecule has 3 rings (SSSR count). The molecule has 0 fully saturated rings. The Kier molecular flexibility index (Phi) is 3.96. The predicted molar refractivity (Wildman–Crippen MR) is 85.0 cm³/mol. The van der Waals surface area contributed by atoms with Crippen molar-refractivity contribution >= 4 is 11.1 Å². The van der Waals surface area contributed by atoms with Gasteiger partial charge in [0.15, 0.2) is 11.6 Å². The maximum Gasteiger partial charge on any atom is 0.166 e. The van der Waals surface area contributed by atoms with Crippen LogP contribution in [-0.2, 0) is 0 Å². The molecule has 0 aliphatic heterocycles. The van der Waals surface area contributed by atoms with Gasteiger partial charge < -0.3 is 0 Å². The Morgan fingerprint density at radius 2 is 1.91 bits per heavy atom. The number of benzene rings is 1. The van der Waals surface area contributed by atoms with Crippen LogP contribution in [0.3, 0.4) is 0 Å². The lowest BCUT2D eigenvalue weighted by Crippen LogP contribution is -1.93. The molecule has 1 aliphatic carbocycles. The van der Waals surface area contributed by atoms with Crippen LogP contribution in [0, 0.1) is 18.6 Å². The van der Waals surface area contributed by atoms with E-state index in [2.05, 4.69) is 4.98 Å². The molecule has 0 atom stereocenters. The van der Waals surface area contributed by atoms with E-state index >= 15 is 0 Å². The van der Waals surface area contributed by atoms with E-state index in [9.17, 15) is 8.78 Å². The molecule has 2 aromatic rings. The van der Waals surface area contributed by atoms with E-state index in [-0.39, 0.29) is 5.56 Å². The van der Waals surface area contributed by atoms with Gasteiger partial charge in [-0.3, -0.25) is 4.98 Å². The average Bonchev–Trinajstić information content (AvgIpc) is 2.77. The third kappa shape index (κ3) is 2.89. The maximum absolute atomic E-state index is 14.0. The van der Waals surface area contributed by atoms with Crippen LogP contribution in [0.5, 0.6) is 0 Å². The highest BCUT2D eigenvalue weighted by atomic mass is 19.2. The van der Waals surface area contributed by atoms with Crippen molar-refractivity contribution in [3.63, 3.8) is 0 Å². The number of aromatic nitrogens is 1. The van der Waals surface area contributed by atoms with E-state index in [1.165, 1.54) is 6.07 Å². The second-order valence-corrected chi connectivity index (χ2v) is 5.22. The molecule has 0 bridgehead atoms. The molecule has 0 N–H and O–H groups in total. The van der Waals surface area contributed by atoms with Crippen LogP contribution in [0.4, 0.5) is 8.78 Å². The smallest absolute Gasteiger partial charge is 0.166 e. The first-order valence-corrected chi connectivity index (χ1v) is 7.11. The summed E-state index contributed by atoms with van der Waals surface area (Å²) in [5.74, 6) is -1.65. The molecule has 110 valence electrons. The van der Waals surface area contributed by atoms with E-state index < -0.39 is 11.6 Å².